The van der Waals surface area contributed by atoms with Crippen molar-refractivity contribution in [3.05, 3.63) is 98.7 Å². The van der Waals surface area contributed by atoms with Crippen LogP contribution < -0.4 is 0 Å². The van der Waals surface area contributed by atoms with Crippen LogP contribution in [0, 0.1) is 34.8 Å². The number of sulfone groups is 1. The molecule has 0 amide bonds. The highest BCUT2D eigenvalue weighted by molar-refractivity contribution is 7.89. The van der Waals surface area contributed by atoms with Crippen LogP contribution in [0.15, 0.2) is 42.5 Å². The first-order valence-corrected chi connectivity index (χ1v) is 20.4. The van der Waals surface area contributed by atoms with E-state index >= 15 is 8.78 Å². The molecule has 3 atom stereocenters. The zero-order chi connectivity index (χ0) is 40.1. The highest BCUT2D eigenvalue weighted by atomic mass is 35.5. The fourth-order valence-corrected chi connectivity index (χ4v) is 8.96. The van der Waals surface area contributed by atoms with Crippen LogP contribution in [0.2, 0.25) is 5.02 Å². The van der Waals surface area contributed by atoms with Crippen molar-refractivity contribution in [2.75, 3.05) is 6.26 Å². The summed E-state index contributed by atoms with van der Waals surface area (Å²) < 4.78 is 115. The van der Waals surface area contributed by atoms with Gasteiger partial charge >= 0.3 is 0 Å². The fourth-order valence-electron chi connectivity index (χ4n) is 8.00. The SMILES string of the molecule is Cn1nc(CS(C)(=O)=O)c2c(Cl)ccc(-c3ccc(C#CC4(C)CC4)nc3[C@@H](CC(=O)Cn3nc(C(F)F)c4c3C(F)(F)[C@@H]3C[C@H]43)Cc3cc(F)cc(F)c3)c21. The molecule has 0 spiro atoms. The van der Waals surface area contributed by atoms with Crippen LogP contribution in [0.4, 0.5) is 26.3 Å². The first-order chi connectivity index (χ1) is 26.3. The van der Waals surface area contributed by atoms with Crippen LogP contribution in [0.3, 0.4) is 0 Å². The van der Waals surface area contributed by atoms with Gasteiger partial charge in [0.2, 0.25) is 0 Å². The van der Waals surface area contributed by atoms with Gasteiger partial charge in [0, 0.05) is 65.1 Å². The molecule has 0 unspecified atom stereocenters. The molecular weight excluding hydrogens is 780 g/mol. The maximum absolute atomic E-state index is 15.4. The van der Waals surface area contributed by atoms with Crippen LogP contribution in [0.25, 0.3) is 22.0 Å². The van der Waals surface area contributed by atoms with Crippen molar-refractivity contribution in [3.8, 4) is 23.0 Å². The number of rotatable bonds is 11. The summed E-state index contributed by atoms with van der Waals surface area (Å²) in [6.07, 6.45) is -0.777. The number of halogens is 7. The maximum atomic E-state index is 15.4. The molecule has 292 valence electrons. The Kier molecular flexibility index (Phi) is 9.19. The Morgan fingerprint density at radius 2 is 1.73 bits per heavy atom. The third kappa shape index (κ3) is 7.10. The lowest BCUT2D eigenvalue weighted by Gasteiger charge is -2.21. The second-order valence-electron chi connectivity index (χ2n) is 15.5. The molecule has 16 heteroatoms. The van der Waals surface area contributed by atoms with Gasteiger partial charge in [-0.25, -0.2) is 31.0 Å². The zero-order valence-electron chi connectivity index (χ0n) is 30.3. The van der Waals surface area contributed by atoms with Crippen molar-refractivity contribution < 1.29 is 39.6 Å². The zero-order valence-corrected chi connectivity index (χ0v) is 31.9. The van der Waals surface area contributed by atoms with E-state index in [1.807, 2.05) is 6.92 Å². The van der Waals surface area contributed by atoms with Gasteiger partial charge in [0.25, 0.3) is 12.3 Å². The van der Waals surface area contributed by atoms with Crippen LogP contribution >= 0.6 is 11.6 Å². The average molecular weight is 814 g/mol. The van der Waals surface area contributed by atoms with E-state index in [2.05, 4.69) is 22.0 Å². The number of alkyl halides is 4. The van der Waals surface area contributed by atoms with Crippen molar-refractivity contribution in [2.24, 2.45) is 18.4 Å². The topological polar surface area (TPSA) is 99.7 Å². The molecule has 0 saturated heterocycles. The van der Waals surface area contributed by atoms with Gasteiger partial charge in [-0.2, -0.15) is 19.0 Å². The average Bonchev–Trinajstić information content (AvgIpc) is 3.97. The molecular formula is C40H34ClF6N5O3S. The van der Waals surface area contributed by atoms with Gasteiger partial charge in [-0.3, -0.25) is 14.2 Å². The second kappa shape index (κ2) is 13.5. The predicted octanol–water partition coefficient (Wildman–Crippen LogP) is 8.59. The molecule has 3 heterocycles. The number of hydrogen-bond donors (Lipinski definition) is 0. The van der Waals surface area contributed by atoms with Gasteiger partial charge in [0.1, 0.15) is 35.3 Å². The van der Waals surface area contributed by atoms with Crippen LogP contribution in [0.5, 0.6) is 0 Å². The van der Waals surface area contributed by atoms with Crippen molar-refractivity contribution in [2.45, 2.75) is 75.5 Å². The third-order valence-corrected chi connectivity index (χ3v) is 12.0. The number of pyridine rings is 1. The molecule has 0 N–H and O–H groups in total. The summed E-state index contributed by atoms with van der Waals surface area (Å²) in [7, 11) is -1.93. The van der Waals surface area contributed by atoms with E-state index in [0.29, 0.717) is 38.5 Å². The Morgan fingerprint density at radius 1 is 1.04 bits per heavy atom. The Balaban J connectivity index is 1.27. The number of nitrogens with zero attached hydrogens (tertiary/aromatic N) is 5. The monoisotopic (exact) mass is 813 g/mol. The van der Waals surface area contributed by atoms with Gasteiger partial charge in [-0.05, 0) is 80.3 Å². The van der Waals surface area contributed by atoms with Crippen molar-refractivity contribution >= 4 is 38.1 Å². The Morgan fingerprint density at radius 3 is 2.39 bits per heavy atom. The molecule has 56 heavy (non-hydrogen) atoms. The van der Waals surface area contributed by atoms with E-state index < -0.39 is 87.5 Å². The summed E-state index contributed by atoms with van der Waals surface area (Å²) in [5.74, 6) is -2.77. The number of aromatic nitrogens is 5. The van der Waals surface area contributed by atoms with E-state index in [1.54, 1.807) is 31.3 Å². The summed E-state index contributed by atoms with van der Waals surface area (Å²) in [5.41, 5.74) is 0.498. The summed E-state index contributed by atoms with van der Waals surface area (Å²) in [5, 5.41) is 8.89. The molecule has 2 fully saturated rings. The highest BCUT2D eigenvalue weighted by Crippen LogP contribution is 2.68. The lowest BCUT2D eigenvalue weighted by atomic mass is 9.86. The number of ketones is 1. The van der Waals surface area contributed by atoms with Gasteiger partial charge in [-0.15, -0.1) is 0 Å². The summed E-state index contributed by atoms with van der Waals surface area (Å²) in [6, 6.07) is 9.58. The van der Waals surface area contributed by atoms with Crippen LogP contribution in [-0.4, -0.2) is 45.0 Å². The van der Waals surface area contributed by atoms with Crippen molar-refractivity contribution in [1.29, 1.82) is 0 Å². The normalized spacial score (nSPS) is 19.4. The Labute approximate surface area is 323 Å². The second-order valence-corrected chi connectivity index (χ2v) is 18.0. The molecule has 2 aromatic carbocycles. The fraction of sp³-hybridized carbons (Fsp3) is 0.400. The molecule has 3 aliphatic carbocycles. The molecule has 0 bridgehead atoms. The van der Waals surface area contributed by atoms with Gasteiger partial charge < -0.3 is 0 Å². The van der Waals surface area contributed by atoms with E-state index in [-0.39, 0.29) is 45.8 Å². The van der Waals surface area contributed by atoms with Crippen LogP contribution in [-0.2, 0) is 46.3 Å². The molecule has 5 aromatic rings. The number of hydrogen-bond acceptors (Lipinski definition) is 6. The number of Topliss-reactive ketones (excluding diaryl/α,β-unsaturated/α-hetero) is 1. The predicted molar refractivity (Wildman–Crippen MR) is 196 cm³/mol. The quantitative estimate of drug-likeness (QED) is 0.0979. The summed E-state index contributed by atoms with van der Waals surface area (Å²) in [4.78, 5) is 19.0. The Bertz CT molecular complexity index is 2620. The van der Waals surface area contributed by atoms with Crippen LogP contribution in [0.1, 0.15) is 90.5 Å². The minimum Gasteiger partial charge on any atom is -0.298 e. The number of benzene rings is 2. The largest absolute Gasteiger partial charge is 0.298 e. The number of fused-ring (bicyclic) bond motifs is 4. The molecule has 2 saturated carbocycles. The lowest BCUT2D eigenvalue weighted by Crippen LogP contribution is -2.24. The molecule has 8 nitrogen and oxygen atoms in total. The number of carbonyl (C=O) groups is 1. The molecule has 3 aromatic heterocycles. The first-order valence-electron chi connectivity index (χ1n) is 17.9. The first kappa shape index (κ1) is 38.2. The smallest absolute Gasteiger partial charge is 0.293 e. The minimum atomic E-state index is -3.54. The number of carbonyl (C=O) groups excluding carboxylic acids is 1. The summed E-state index contributed by atoms with van der Waals surface area (Å²) in [6.45, 7) is 1.25. The molecule has 0 aliphatic heterocycles. The minimum absolute atomic E-state index is 0.0584. The lowest BCUT2D eigenvalue weighted by molar-refractivity contribution is -0.120. The van der Waals surface area contributed by atoms with E-state index in [1.165, 1.54) is 4.68 Å². The van der Waals surface area contributed by atoms with Gasteiger partial charge in [-0.1, -0.05) is 23.6 Å². The van der Waals surface area contributed by atoms with E-state index in [4.69, 9.17) is 16.6 Å². The third-order valence-electron chi connectivity index (χ3n) is 10.9. The maximum Gasteiger partial charge on any atom is 0.293 e. The standard InChI is InChI=1S/C40H34ClF6N5O3S/c1-39(10-11-39)9-8-24-4-5-26(27-6-7-30(41)33-31(19-56(3,54)55)49-51(2)36(27)33)34(48-24)21(12-20-13-22(42)16-23(43)14-20)15-25(53)18-52-37-32(35(50-52)38(44)45)28-17-29(28)40(37,46)47/h4-7,13-14,16,21,28-29,38H,10-12,15,17-19H2,1-3H3/t21-,28+,29-/m1/s1. The van der Waals surface area contributed by atoms with Crippen molar-refractivity contribution in [1.82, 2.24) is 24.5 Å². The highest BCUT2D eigenvalue weighted by Gasteiger charge is 2.67. The van der Waals surface area contributed by atoms with E-state index in [0.717, 1.165) is 31.2 Å². The van der Waals surface area contributed by atoms with Gasteiger partial charge in [0.15, 0.2) is 15.6 Å². The molecule has 0 radical (unpaired) electrons. The molecule has 8 rings (SSSR count). The van der Waals surface area contributed by atoms with Crippen molar-refractivity contribution in [3.63, 3.8) is 0 Å². The Hall–Kier alpha value is -4.68. The summed E-state index contributed by atoms with van der Waals surface area (Å²) >= 11 is 6.65. The van der Waals surface area contributed by atoms with E-state index in [9.17, 15) is 30.8 Å². The number of aryl methyl sites for hydroxylation is 1. The molecule has 3 aliphatic rings. The van der Waals surface area contributed by atoms with Gasteiger partial charge in [0.05, 0.1) is 27.7 Å².